The zero-order valence-corrected chi connectivity index (χ0v) is 16.5. The maximum atomic E-state index is 8.08. The molecule has 28 heavy (non-hydrogen) atoms. The molecule has 0 spiro atoms. The van der Waals surface area contributed by atoms with Crippen LogP contribution in [0.5, 0.6) is 0 Å². The predicted octanol–water partition coefficient (Wildman–Crippen LogP) is 6.44. The van der Waals surface area contributed by atoms with Gasteiger partial charge in [-0.3, -0.25) is 0 Å². The van der Waals surface area contributed by atoms with Crippen molar-refractivity contribution in [3.8, 4) is 33.5 Å². The van der Waals surface area contributed by atoms with Crippen LogP contribution in [0.1, 0.15) is 20.8 Å². The Morgan fingerprint density at radius 3 is 2.29 bits per heavy atom. The molecule has 1 heterocycles. The Morgan fingerprint density at radius 1 is 0.714 bits per heavy atom. The lowest BCUT2D eigenvalue weighted by molar-refractivity contribution is -0.659. The third kappa shape index (κ3) is 3.36. The van der Waals surface area contributed by atoms with Crippen molar-refractivity contribution in [2.24, 2.45) is 7.05 Å². The monoisotopic (exact) mass is 367 g/mol. The molecule has 0 saturated heterocycles. The first-order valence-corrected chi connectivity index (χ1v) is 9.52. The van der Waals surface area contributed by atoms with Gasteiger partial charge in [0.15, 0.2) is 6.20 Å². The molecule has 0 radical (unpaired) electrons. The average molecular weight is 368 g/mol. The molecule has 0 aliphatic carbocycles. The first-order valence-electron chi connectivity index (χ1n) is 11.0. The van der Waals surface area contributed by atoms with E-state index in [4.69, 9.17) is 4.11 Å². The summed E-state index contributed by atoms with van der Waals surface area (Å²) in [5, 5.41) is 0. The van der Waals surface area contributed by atoms with Gasteiger partial charge in [0.1, 0.15) is 7.05 Å². The van der Waals surface area contributed by atoms with Crippen molar-refractivity contribution in [1.82, 2.24) is 0 Å². The van der Waals surface area contributed by atoms with Crippen molar-refractivity contribution >= 4 is 0 Å². The topological polar surface area (TPSA) is 3.88 Å². The van der Waals surface area contributed by atoms with Crippen molar-refractivity contribution in [3.63, 3.8) is 0 Å². The molecule has 1 heteroatoms. The van der Waals surface area contributed by atoms with E-state index in [-0.39, 0.29) is 0 Å². The lowest BCUT2D eigenvalue weighted by atomic mass is 9.90. The van der Waals surface area contributed by atoms with Crippen LogP contribution in [0.4, 0.5) is 0 Å². The van der Waals surface area contributed by atoms with Crippen molar-refractivity contribution < 1.29 is 8.68 Å². The average Bonchev–Trinajstić information content (AvgIpc) is 2.74. The van der Waals surface area contributed by atoms with Crippen molar-refractivity contribution in [2.75, 3.05) is 0 Å². The summed E-state index contributed by atoms with van der Waals surface area (Å²) in [6, 6.07) is 26.3. The zero-order valence-electron chi connectivity index (χ0n) is 19.5. The minimum absolute atomic E-state index is 0.392. The van der Waals surface area contributed by atoms with E-state index in [1.54, 1.807) is 6.07 Å². The summed E-state index contributed by atoms with van der Waals surface area (Å²) in [6.07, 6.45) is 2.13. The van der Waals surface area contributed by atoms with E-state index in [1.807, 2.05) is 56.4 Å². The van der Waals surface area contributed by atoms with Crippen LogP contribution in [0, 0.1) is 20.7 Å². The lowest BCUT2D eigenvalue weighted by Crippen LogP contribution is -2.31. The molecule has 0 aliphatic rings. The standard InChI is InChI=1S/C27H26N/c1-19-13-15-24(21(3)17-19)25-12-8-9-20(2)27(25)26-16-14-23(18-28(26)4)22-10-6-5-7-11-22/h5-18H,1-4H3/q+1/i3D3. The van der Waals surface area contributed by atoms with Crippen LogP contribution in [-0.2, 0) is 7.05 Å². The number of rotatable bonds is 3. The quantitative estimate of drug-likeness (QED) is 0.367. The number of aryl methyl sites for hydroxylation is 4. The molecule has 0 N–H and O–H groups in total. The predicted molar refractivity (Wildman–Crippen MR) is 118 cm³/mol. The van der Waals surface area contributed by atoms with Gasteiger partial charge in [-0.25, -0.2) is 4.57 Å². The number of pyridine rings is 1. The Morgan fingerprint density at radius 2 is 1.54 bits per heavy atom. The molecule has 0 unspecified atom stereocenters. The van der Waals surface area contributed by atoms with E-state index in [0.29, 0.717) is 5.56 Å². The molecule has 3 aromatic carbocycles. The molecule has 0 bridgehead atoms. The van der Waals surface area contributed by atoms with E-state index >= 15 is 0 Å². The van der Waals surface area contributed by atoms with Gasteiger partial charge in [-0.1, -0.05) is 72.3 Å². The highest BCUT2D eigenvalue weighted by atomic mass is 14.9. The summed E-state index contributed by atoms with van der Waals surface area (Å²) in [7, 11) is 2.04. The Hall–Kier alpha value is -3.19. The molecule has 1 aromatic heterocycles. The molecule has 0 aliphatic heterocycles. The van der Waals surface area contributed by atoms with Crippen LogP contribution in [-0.4, -0.2) is 0 Å². The summed E-state index contributed by atoms with van der Waals surface area (Å²) in [5.74, 6) is 0. The van der Waals surface area contributed by atoms with Crippen LogP contribution in [0.3, 0.4) is 0 Å². The van der Waals surface area contributed by atoms with Gasteiger partial charge in [-0.05, 0) is 54.6 Å². The van der Waals surface area contributed by atoms with E-state index in [0.717, 1.165) is 44.6 Å². The fraction of sp³-hybridized carbons (Fsp3) is 0.148. The minimum atomic E-state index is -2.18. The fourth-order valence-corrected chi connectivity index (χ4v) is 3.79. The van der Waals surface area contributed by atoms with Crippen LogP contribution in [0.2, 0.25) is 0 Å². The zero-order chi connectivity index (χ0) is 22.2. The molecule has 1 nitrogen and oxygen atoms in total. The van der Waals surface area contributed by atoms with Crippen molar-refractivity contribution in [1.29, 1.82) is 0 Å². The van der Waals surface area contributed by atoms with E-state index in [2.05, 4.69) is 48.0 Å². The summed E-state index contributed by atoms with van der Waals surface area (Å²) in [5.41, 5.74) is 8.55. The van der Waals surface area contributed by atoms with Gasteiger partial charge in [0.05, 0.1) is 5.56 Å². The second kappa shape index (κ2) is 7.44. The van der Waals surface area contributed by atoms with Crippen LogP contribution in [0.15, 0.2) is 85.1 Å². The van der Waals surface area contributed by atoms with E-state index in [9.17, 15) is 0 Å². The number of aromatic nitrogens is 1. The van der Waals surface area contributed by atoms with Gasteiger partial charge in [-0.2, -0.15) is 0 Å². The molecule has 4 rings (SSSR count). The highest BCUT2D eigenvalue weighted by Crippen LogP contribution is 2.35. The van der Waals surface area contributed by atoms with Gasteiger partial charge >= 0.3 is 0 Å². The van der Waals surface area contributed by atoms with Crippen LogP contribution >= 0.6 is 0 Å². The Bertz CT molecular complexity index is 1240. The van der Waals surface area contributed by atoms with Crippen LogP contribution < -0.4 is 4.57 Å². The maximum absolute atomic E-state index is 8.08. The highest BCUT2D eigenvalue weighted by molar-refractivity contribution is 5.85. The minimum Gasteiger partial charge on any atom is -0.200 e. The summed E-state index contributed by atoms with van der Waals surface area (Å²) < 4.78 is 26.4. The molecular weight excluding hydrogens is 338 g/mol. The summed E-state index contributed by atoms with van der Waals surface area (Å²) in [6.45, 7) is 1.83. The Kier molecular flexibility index (Phi) is 3.94. The van der Waals surface area contributed by atoms with Crippen LogP contribution in [0.25, 0.3) is 33.5 Å². The normalized spacial score (nSPS) is 12.9. The van der Waals surface area contributed by atoms with Gasteiger partial charge < -0.3 is 0 Å². The number of nitrogens with zero attached hydrogens (tertiary/aromatic N) is 1. The van der Waals surface area contributed by atoms with Gasteiger partial charge in [0, 0.05) is 15.7 Å². The smallest absolute Gasteiger partial charge is 0.200 e. The summed E-state index contributed by atoms with van der Waals surface area (Å²) in [4.78, 5) is 0. The summed E-state index contributed by atoms with van der Waals surface area (Å²) >= 11 is 0. The fourth-order valence-electron chi connectivity index (χ4n) is 3.79. The third-order valence-electron chi connectivity index (χ3n) is 5.23. The largest absolute Gasteiger partial charge is 0.213 e. The molecule has 0 fully saturated rings. The second-order valence-electron chi connectivity index (χ2n) is 7.33. The molecule has 0 amide bonds. The molecular formula is C27H26N+. The number of hydrogen-bond donors (Lipinski definition) is 0. The molecule has 138 valence electrons. The van der Waals surface area contributed by atoms with Crippen molar-refractivity contribution in [3.05, 3.63) is 102 Å². The molecule has 0 saturated carbocycles. The van der Waals surface area contributed by atoms with E-state index < -0.39 is 6.85 Å². The first kappa shape index (κ1) is 14.8. The maximum Gasteiger partial charge on any atom is 0.213 e. The molecule has 0 atom stereocenters. The van der Waals surface area contributed by atoms with Crippen molar-refractivity contribution in [2.45, 2.75) is 20.7 Å². The Labute approximate surface area is 172 Å². The SMILES string of the molecule is [2H]C([2H])([2H])c1cc(C)ccc1-c1cccc(C)c1-c1ccc(-c2ccccc2)c[n+]1C. The van der Waals surface area contributed by atoms with Gasteiger partial charge in [-0.15, -0.1) is 0 Å². The Balaban J connectivity index is 1.92. The third-order valence-corrected chi connectivity index (χ3v) is 5.23. The van der Waals surface area contributed by atoms with Gasteiger partial charge in [0.25, 0.3) is 0 Å². The number of hydrogen-bond acceptors (Lipinski definition) is 0. The van der Waals surface area contributed by atoms with E-state index in [1.165, 1.54) is 0 Å². The first-order chi connectivity index (χ1) is 14.8. The van der Waals surface area contributed by atoms with Gasteiger partial charge in [0.2, 0.25) is 5.69 Å². The lowest BCUT2D eigenvalue weighted by Gasteiger charge is -2.14. The molecule has 4 aromatic rings. The second-order valence-corrected chi connectivity index (χ2v) is 7.33. The highest BCUT2D eigenvalue weighted by Gasteiger charge is 2.19. The number of benzene rings is 3.